The van der Waals surface area contributed by atoms with Gasteiger partial charge in [0, 0.05) is 24.8 Å². The second-order valence-corrected chi connectivity index (χ2v) is 7.19. The smallest absolute Gasteiger partial charge is 0.322 e. The van der Waals surface area contributed by atoms with Gasteiger partial charge < -0.3 is 20.3 Å². The predicted octanol–water partition coefficient (Wildman–Crippen LogP) is 2.39. The van der Waals surface area contributed by atoms with E-state index in [1.807, 2.05) is 38.1 Å². The minimum Gasteiger partial charge on any atom is -0.370 e. The number of ether oxygens (including phenoxy) is 1. The van der Waals surface area contributed by atoms with Crippen LogP contribution in [0.15, 0.2) is 24.3 Å². The van der Waals surface area contributed by atoms with Crippen molar-refractivity contribution in [3.63, 3.8) is 0 Å². The highest BCUT2D eigenvalue weighted by atomic mass is 16.5. The van der Waals surface area contributed by atoms with Crippen molar-refractivity contribution in [2.24, 2.45) is 5.92 Å². The molecule has 0 spiro atoms. The lowest BCUT2D eigenvalue weighted by atomic mass is 9.99. The van der Waals surface area contributed by atoms with E-state index in [-0.39, 0.29) is 36.1 Å². The Bertz CT molecular complexity index is 629. The number of nitrogens with one attached hydrogen (secondary N) is 2. The maximum atomic E-state index is 12.6. The summed E-state index contributed by atoms with van der Waals surface area (Å²) >= 11 is 0. The molecule has 2 fully saturated rings. The number of morpholine rings is 1. The number of nitrogens with zero attached hydrogens (tertiary/aromatic N) is 1. The molecule has 0 aliphatic carbocycles. The highest BCUT2D eigenvalue weighted by molar-refractivity contribution is 5.89. The molecule has 2 heterocycles. The van der Waals surface area contributed by atoms with Gasteiger partial charge in [-0.1, -0.05) is 19.1 Å². The Morgan fingerprint density at radius 2 is 1.96 bits per heavy atom. The van der Waals surface area contributed by atoms with Crippen molar-refractivity contribution in [3.05, 3.63) is 29.8 Å². The fraction of sp³-hybridized carbons (Fsp3) is 0.579. The molecule has 136 valence electrons. The maximum Gasteiger partial charge on any atom is 0.322 e. The summed E-state index contributed by atoms with van der Waals surface area (Å²) in [7, 11) is 0. The topological polar surface area (TPSA) is 70.7 Å². The first-order valence-electron chi connectivity index (χ1n) is 9.07. The predicted molar refractivity (Wildman–Crippen MR) is 96.5 cm³/mol. The normalized spacial score (nSPS) is 25.1. The number of aryl methyl sites for hydroxylation is 1. The van der Waals surface area contributed by atoms with Gasteiger partial charge in [-0.15, -0.1) is 0 Å². The molecule has 2 bridgehead atoms. The lowest BCUT2D eigenvalue weighted by Gasteiger charge is -2.32. The van der Waals surface area contributed by atoms with Crippen LogP contribution >= 0.6 is 0 Å². The molecule has 2 aliphatic rings. The Morgan fingerprint density at radius 3 is 2.60 bits per heavy atom. The first kappa shape index (κ1) is 17.7. The number of carbonyl (C=O) groups excluding carboxylic acids is 2. The monoisotopic (exact) mass is 345 g/mol. The maximum absolute atomic E-state index is 12.6. The molecule has 2 N–H and O–H groups in total. The number of hydrogen-bond acceptors (Lipinski definition) is 3. The van der Waals surface area contributed by atoms with E-state index in [0.29, 0.717) is 19.5 Å². The molecule has 0 aromatic heterocycles. The molecule has 6 heteroatoms. The number of anilines is 1. The molecule has 1 aromatic carbocycles. The fourth-order valence-corrected chi connectivity index (χ4v) is 3.52. The van der Waals surface area contributed by atoms with E-state index in [1.54, 1.807) is 4.90 Å². The van der Waals surface area contributed by atoms with Crippen LogP contribution in [0.2, 0.25) is 0 Å². The van der Waals surface area contributed by atoms with Crippen LogP contribution in [0.4, 0.5) is 10.5 Å². The molecular weight excluding hydrogens is 318 g/mol. The third-order valence-electron chi connectivity index (χ3n) is 4.83. The first-order valence-corrected chi connectivity index (χ1v) is 9.07. The molecule has 25 heavy (non-hydrogen) atoms. The fourth-order valence-electron chi connectivity index (χ4n) is 3.52. The zero-order valence-corrected chi connectivity index (χ0v) is 15.1. The zero-order chi connectivity index (χ0) is 18.0. The Hall–Kier alpha value is -2.08. The van der Waals surface area contributed by atoms with Crippen molar-refractivity contribution in [3.8, 4) is 0 Å². The molecule has 6 nitrogen and oxygen atoms in total. The van der Waals surface area contributed by atoms with E-state index in [2.05, 4.69) is 17.6 Å². The van der Waals surface area contributed by atoms with Crippen LogP contribution in [0.3, 0.4) is 0 Å². The van der Waals surface area contributed by atoms with Crippen LogP contribution in [0.5, 0.6) is 0 Å². The van der Waals surface area contributed by atoms with Crippen molar-refractivity contribution in [1.82, 2.24) is 10.2 Å². The number of fused-ring (bicyclic) bond motifs is 2. The Labute approximate surface area is 148 Å². The van der Waals surface area contributed by atoms with Gasteiger partial charge in [0.15, 0.2) is 0 Å². The van der Waals surface area contributed by atoms with E-state index in [1.165, 1.54) is 5.56 Å². The average Bonchev–Trinajstić information content (AvgIpc) is 2.89. The molecule has 1 aromatic rings. The summed E-state index contributed by atoms with van der Waals surface area (Å²) in [6.45, 7) is 6.97. The van der Waals surface area contributed by atoms with Gasteiger partial charge in [-0.2, -0.15) is 0 Å². The summed E-state index contributed by atoms with van der Waals surface area (Å²) in [5.74, 6) is -0.144. The van der Waals surface area contributed by atoms with Crippen molar-refractivity contribution in [1.29, 1.82) is 0 Å². The molecule has 0 unspecified atom stereocenters. The summed E-state index contributed by atoms with van der Waals surface area (Å²) in [6.07, 6.45) is 1.37. The first-order chi connectivity index (χ1) is 12.0. The quantitative estimate of drug-likeness (QED) is 0.880. The standard InChI is InChI=1S/C19H27N3O3/c1-4-13-5-7-14(8-6-13)21-19(24)22-10-15-9-16(17(11-22)25-15)18(23)20-12(2)3/h5-8,12,15-17H,4,9-11H2,1-3H3,(H,20,23)(H,21,24)/t15-,16-,17-/m0/s1. The van der Waals surface area contributed by atoms with Crippen LogP contribution in [0.25, 0.3) is 0 Å². The third-order valence-corrected chi connectivity index (χ3v) is 4.83. The summed E-state index contributed by atoms with van der Waals surface area (Å²) in [5, 5.41) is 5.89. The van der Waals surface area contributed by atoms with Gasteiger partial charge in [0.05, 0.1) is 18.1 Å². The van der Waals surface area contributed by atoms with Crippen LogP contribution in [0.1, 0.15) is 32.8 Å². The van der Waals surface area contributed by atoms with Gasteiger partial charge in [-0.25, -0.2) is 4.79 Å². The van der Waals surface area contributed by atoms with Gasteiger partial charge in [-0.3, -0.25) is 4.79 Å². The number of likely N-dealkylation sites (tertiary alicyclic amines) is 1. The van der Waals surface area contributed by atoms with Crippen molar-refractivity contribution in [2.75, 3.05) is 18.4 Å². The van der Waals surface area contributed by atoms with Gasteiger partial charge in [-0.05, 0) is 44.4 Å². The second kappa shape index (κ2) is 7.44. The van der Waals surface area contributed by atoms with Crippen molar-refractivity contribution in [2.45, 2.75) is 51.9 Å². The Balaban J connectivity index is 1.59. The third kappa shape index (κ3) is 4.12. The molecule has 3 rings (SSSR count). The number of rotatable bonds is 4. The van der Waals surface area contributed by atoms with E-state index in [4.69, 9.17) is 4.74 Å². The number of amides is 3. The van der Waals surface area contributed by atoms with Gasteiger partial charge in [0.25, 0.3) is 0 Å². The number of carbonyl (C=O) groups is 2. The van der Waals surface area contributed by atoms with Crippen molar-refractivity contribution < 1.29 is 14.3 Å². The van der Waals surface area contributed by atoms with E-state index < -0.39 is 0 Å². The minimum atomic E-state index is -0.217. The van der Waals surface area contributed by atoms with Gasteiger partial charge >= 0.3 is 6.03 Å². The Kier molecular flexibility index (Phi) is 5.27. The molecule has 3 amide bonds. The summed E-state index contributed by atoms with van der Waals surface area (Å²) in [5.41, 5.74) is 2.02. The summed E-state index contributed by atoms with van der Waals surface area (Å²) in [4.78, 5) is 26.6. The Morgan fingerprint density at radius 1 is 1.24 bits per heavy atom. The van der Waals surface area contributed by atoms with E-state index in [0.717, 1.165) is 12.1 Å². The number of hydrogen-bond donors (Lipinski definition) is 2. The van der Waals surface area contributed by atoms with Crippen LogP contribution in [0, 0.1) is 5.92 Å². The van der Waals surface area contributed by atoms with Crippen LogP contribution < -0.4 is 10.6 Å². The van der Waals surface area contributed by atoms with Gasteiger partial charge in [0.1, 0.15) is 0 Å². The second-order valence-electron chi connectivity index (χ2n) is 7.19. The minimum absolute atomic E-state index is 0.0277. The SMILES string of the molecule is CCc1ccc(NC(=O)N2C[C@@H]3C[C@H](C(=O)NC(C)C)[C@H](C2)O3)cc1. The van der Waals surface area contributed by atoms with Gasteiger partial charge in [0.2, 0.25) is 5.91 Å². The zero-order valence-electron chi connectivity index (χ0n) is 15.1. The van der Waals surface area contributed by atoms with Crippen molar-refractivity contribution >= 4 is 17.6 Å². The molecule has 2 saturated heterocycles. The molecule has 0 saturated carbocycles. The number of urea groups is 1. The highest BCUT2D eigenvalue weighted by Gasteiger charge is 2.45. The van der Waals surface area contributed by atoms with Crippen LogP contribution in [-0.2, 0) is 16.0 Å². The average molecular weight is 345 g/mol. The van der Waals surface area contributed by atoms with Crippen LogP contribution in [-0.4, -0.2) is 48.2 Å². The van der Waals surface area contributed by atoms with E-state index >= 15 is 0 Å². The molecule has 3 atom stereocenters. The lowest BCUT2D eigenvalue weighted by Crippen LogP contribution is -2.49. The molecule has 2 aliphatic heterocycles. The molecule has 0 radical (unpaired) electrons. The van der Waals surface area contributed by atoms with E-state index in [9.17, 15) is 9.59 Å². The molecular formula is C19H27N3O3. The lowest BCUT2D eigenvalue weighted by molar-refractivity contribution is -0.128. The summed E-state index contributed by atoms with van der Waals surface area (Å²) < 4.78 is 5.89. The largest absolute Gasteiger partial charge is 0.370 e. The number of benzene rings is 1. The summed E-state index contributed by atoms with van der Waals surface area (Å²) in [6, 6.07) is 7.86. The highest BCUT2D eigenvalue weighted by Crippen LogP contribution is 2.32.